The smallest absolute Gasteiger partial charge is 0.249 e. The maximum absolute atomic E-state index is 11.5. The Labute approximate surface area is 85.1 Å². The van der Waals surface area contributed by atoms with Gasteiger partial charge in [-0.05, 0) is 25.3 Å². The van der Waals surface area contributed by atoms with Crippen LogP contribution in [0.2, 0.25) is 0 Å². The van der Waals surface area contributed by atoms with Gasteiger partial charge in [0.2, 0.25) is 5.91 Å². The molecule has 1 rings (SSSR count). The average molecular weight is 200 g/mol. The van der Waals surface area contributed by atoms with Gasteiger partial charge < -0.3 is 15.7 Å². The van der Waals surface area contributed by atoms with E-state index in [4.69, 9.17) is 0 Å². The summed E-state index contributed by atoms with van der Waals surface area (Å²) in [5.41, 5.74) is 0. The highest BCUT2D eigenvalue weighted by Crippen LogP contribution is 2.05. The van der Waals surface area contributed by atoms with Crippen LogP contribution in [-0.2, 0) is 4.79 Å². The summed E-state index contributed by atoms with van der Waals surface area (Å²) < 4.78 is 0. The van der Waals surface area contributed by atoms with Gasteiger partial charge in [0.1, 0.15) is 6.10 Å². The Morgan fingerprint density at radius 3 is 2.79 bits per heavy atom. The normalized spacial score (nSPS) is 24.7. The second-order valence-electron chi connectivity index (χ2n) is 4.24. The Morgan fingerprint density at radius 1 is 1.57 bits per heavy atom. The Kier molecular flexibility index (Phi) is 4.35. The number of piperidine rings is 1. The van der Waals surface area contributed by atoms with E-state index < -0.39 is 6.10 Å². The lowest BCUT2D eigenvalue weighted by molar-refractivity contribution is -0.132. The monoisotopic (exact) mass is 200 g/mol. The van der Waals surface area contributed by atoms with Crippen LogP contribution in [0.15, 0.2) is 0 Å². The van der Waals surface area contributed by atoms with E-state index in [9.17, 15) is 9.90 Å². The molecule has 1 aliphatic rings. The predicted molar refractivity (Wildman–Crippen MR) is 54.9 cm³/mol. The summed E-state index contributed by atoms with van der Waals surface area (Å²) in [7, 11) is 0. The minimum absolute atomic E-state index is 0.0217. The minimum atomic E-state index is -0.878. The van der Waals surface area contributed by atoms with Crippen molar-refractivity contribution < 1.29 is 9.90 Å². The molecule has 0 aromatic heterocycles. The zero-order valence-corrected chi connectivity index (χ0v) is 8.92. The number of aliphatic hydroxyl groups is 1. The summed E-state index contributed by atoms with van der Waals surface area (Å²) in [6, 6.07) is 0.185. The van der Waals surface area contributed by atoms with Crippen LogP contribution < -0.4 is 10.6 Å². The molecule has 1 heterocycles. The zero-order valence-electron chi connectivity index (χ0n) is 8.92. The van der Waals surface area contributed by atoms with Crippen molar-refractivity contribution in [2.24, 2.45) is 5.92 Å². The highest BCUT2D eigenvalue weighted by atomic mass is 16.3. The molecule has 0 aliphatic carbocycles. The highest BCUT2D eigenvalue weighted by molar-refractivity contribution is 5.81. The molecule has 0 aromatic carbocycles. The van der Waals surface area contributed by atoms with Gasteiger partial charge in [-0.2, -0.15) is 0 Å². The Morgan fingerprint density at radius 2 is 2.29 bits per heavy atom. The summed E-state index contributed by atoms with van der Waals surface area (Å²) in [6.45, 7) is 5.52. The first-order valence-corrected chi connectivity index (χ1v) is 5.30. The van der Waals surface area contributed by atoms with Crippen molar-refractivity contribution in [2.75, 3.05) is 13.1 Å². The minimum Gasteiger partial charge on any atom is -0.383 e. The molecule has 1 amide bonds. The van der Waals surface area contributed by atoms with Crippen molar-refractivity contribution in [1.29, 1.82) is 0 Å². The van der Waals surface area contributed by atoms with E-state index in [-0.39, 0.29) is 17.9 Å². The van der Waals surface area contributed by atoms with Crippen molar-refractivity contribution in [3.8, 4) is 0 Å². The van der Waals surface area contributed by atoms with E-state index in [0.29, 0.717) is 0 Å². The van der Waals surface area contributed by atoms with Crippen LogP contribution in [0.1, 0.15) is 26.7 Å². The van der Waals surface area contributed by atoms with Crippen LogP contribution in [0.4, 0.5) is 0 Å². The first-order valence-electron chi connectivity index (χ1n) is 5.30. The van der Waals surface area contributed by atoms with E-state index in [2.05, 4.69) is 10.6 Å². The van der Waals surface area contributed by atoms with Crippen LogP contribution in [0.3, 0.4) is 0 Å². The fourth-order valence-corrected chi connectivity index (χ4v) is 1.56. The van der Waals surface area contributed by atoms with Crippen LogP contribution in [0.5, 0.6) is 0 Å². The molecular formula is C10H20N2O2. The maximum atomic E-state index is 11.5. The Bertz CT molecular complexity index is 189. The number of rotatable bonds is 3. The second-order valence-corrected chi connectivity index (χ2v) is 4.24. The molecule has 1 saturated heterocycles. The van der Waals surface area contributed by atoms with E-state index in [1.54, 1.807) is 0 Å². The van der Waals surface area contributed by atoms with Crippen molar-refractivity contribution in [1.82, 2.24) is 10.6 Å². The Balaban J connectivity index is 2.31. The van der Waals surface area contributed by atoms with Gasteiger partial charge in [-0.3, -0.25) is 4.79 Å². The average Bonchev–Trinajstić information content (AvgIpc) is 2.18. The fourth-order valence-electron chi connectivity index (χ4n) is 1.56. The van der Waals surface area contributed by atoms with Crippen LogP contribution in [0, 0.1) is 5.92 Å². The lowest BCUT2D eigenvalue weighted by Gasteiger charge is -2.25. The number of nitrogens with one attached hydrogen (secondary N) is 2. The fraction of sp³-hybridized carbons (Fsp3) is 0.900. The van der Waals surface area contributed by atoms with Crippen molar-refractivity contribution in [2.45, 2.75) is 38.8 Å². The van der Waals surface area contributed by atoms with Gasteiger partial charge in [0, 0.05) is 12.6 Å². The molecule has 0 radical (unpaired) electrons. The van der Waals surface area contributed by atoms with Gasteiger partial charge in [0.15, 0.2) is 0 Å². The van der Waals surface area contributed by atoms with Crippen molar-refractivity contribution in [3.63, 3.8) is 0 Å². The third-order valence-electron chi connectivity index (χ3n) is 2.54. The molecule has 82 valence electrons. The molecule has 4 heteroatoms. The zero-order chi connectivity index (χ0) is 10.6. The molecule has 0 bridgehead atoms. The van der Waals surface area contributed by atoms with E-state index in [0.717, 1.165) is 25.9 Å². The number of carbonyl (C=O) groups is 1. The van der Waals surface area contributed by atoms with Gasteiger partial charge in [0.25, 0.3) is 0 Å². The van der Waals surface area contributed by atoms with Crippen molar-refractivity contribution >= 4 is 5.91 Å². The Hall–Kier alpha value is -0.610. The summed E-state index contributed by atoms with van der Waals surface area (Å²) >= 11 is 0. The first-order chi connectivity index (χ1) is 6.61. The first kappa shape index (κ1) is 11.5. The van der Waals surface area contributed by atoms with Crippen LogP contribution in [-0.4, -0.2) is 36.2 Å². The third-order valence-corrected chi connectivity index (χ3v) is 2.54. The van der Waals surface area contributed by atoms with E-state index >= 15 is 0 Å². The van der Waals surface area contributed by atoms with Gasteiger partial charge in [0.05, 0.1) is 0 Å². The molecule has 1 fully saturated rings. The predicted octanol–water partition coefficient (Wildman–Crippen LogP) is -0.128. The van der Waals surface area contributed by atoms with E-state index in [1.165, 1.54) is 0 Å². The summed E-state index contributed by atoms with van der Waals surface area (Å²) in [5.74, 6) is -0.264. The molecule has 4 nitrogen and oxygen atoms in total. The molecule has 0 saturated carbocycles. The summed E-state index contributed by atoms with van der Waals surface area (Å²) in [5, 5.41) is 15.6. The van der Waals surface area contributed by atoms with Gasteiger partial charge in [-0.15, -0.1) is 0 Å². The maximum Gasteiger partial charge on any atom is 0.249 e. The SMILES string of the molecule is CC(C)C(O)C(=O)NC1CCCNC1. The highest BCUT2D eigenvalue weighted by Gasteiger charge is 2.22. The number of hydrogen-bond donors (Lipinski definition) is 3. The lowest BCUT2D eigenvalue weighted by Crippen LogP contribution is -2.49. The second kappa shape index (κ2) is 5.32. The molecule has 2 unspecified atom stereocenters. The standard InChI is InChI=1S/C10H20N2O2/c1-7(2)9(13)10(14)12-8-4-3-5-11-6-8/h7-9,11,13H,3-6H2,1-2H3,(H,12,14). The summed E-state index contributed by atoms with van der Waals surface area (Å²) in [6.07, 6.45) is 1.21. The number of amides is 1. The number of carbonyl (C=O) groups excluding carboxylic acids is 1. The molecular weight excluding hydrogens is 180 g/mol. The van der Waals surface area contributed by atoms with Crippen molar-refractivity contribution in [3.05, 3.63) is 0 Å². The van der Waals surface area contributed by atoms with Gasteiger partial charge in [-0.25, -0.2) is 0 Å². The quantitative estimate of drug-likeness (QED) is 0.595. The lowest BCUT2D eigenvalue weighted by atomic mass is 10.0. The van der Waals surface area contributed by atoms with Crippen LogP contribution in [0.25, 0.3) is 0 Å². The van der Waals surface area contributed by atoms with Gasteiger partial charge >= 0.3 is 0 Å². The molecule has 1 aliphatic heterocycles. The van der Waals surface area contributed by atoms with Gasteiger partial charge in [-0.1, -0.05) is 13.8 Å². The third kappa shape index (κ3) is 3.27. The topological polar surface area (TPSA) is 61.4 Å². The number of hydrogen-bond acceptors (Lipinski definition) is 3. The molecule has 2 atom stereocenters. The van der Waals surface area contributed by atoms with E-state index in [1.807, 2.05) is 13.8 Å². The number of aliphatic hydroxyl groups excluding tert-OH is 1. The molecule has 0 aromatic rings. The summed E-state index contributed by atoms with van der Waals surface area (Å²) in [4.78, 5) is 11.5. The largest absolute Gasteiger partial charge is 0.383 e. The molecule has 14 heavy (non-hydrogen) atoms. The van der Waals surface area contributed by atoms with Crippen LogP contribution >= 0.6 is 0 Å². The molecule has 3 N–H and O–H groups in total. The molecule has 0 spiro atoms.